The average Bonchev–Trinajstić information content (AvgIpc) is 1.59. The molecular weight excluding hydrogens is 3920 g/mol. The SMILES string of the molecule is CC(C)(C)c1ncc(-c2nc3cc4c(cc3[nH]2)C2CCC4C2)cn1.S=S=S=S=S=S=S=S=S=S=S=S=S=S=S=S=S=S=S=S=S=S=S=S=S=S=S=S=S=S=S=S=S=S=S=S=S=S=S=S=S=S=S=S=S=S=S=S=S=S=S=S=S=S=S=S=S=S=S=S=S=S=S=S=S=S=S=S=S=S=S=S=S=S=S=S=S=S=S=S=S=S=S=S=S=S=S=S=S=S=S=S=S=S=S=S=S=S=S=S=S=S=S=S=S=S=S=S=S=S=S=S=S. The third kappa shape index (κ3) is 104. The van der Waals surface area contributed by atoms with Crippen LogP contribution in [0, 0.1) is 0 Å². The van der Waals surface area contributed by atoms with E-state index in [-0.39, 0.29) is 5.41 Å². The number of imidazole rings is 1. The topological polar surface area (TPSA) is 54.5 Å². The van der Waals surface area contributed by atoms with Gasteiger partial charge in [-0.25, -0.2) is 15.0 Å². The molecule has 0 amide bonds. The van der Waals surface area contributed by atoms with E-state index in [4.69, 9.17) is 27.4 Å². The summed E-state index contributed by atoms with van der Waals surface area (Å²) in [5.74, 6) is 3.26. The number of H-pyrrole nitrogens is 1. The van der Waals surface area contributed by atoms with Crippen molar-refractivity contribution in [2.75, 3.05) is 0 Å². The van der Waals surface area contributed by atoms with E-state index in [9.17, 15) is 0 Å². The summed E-state index contributed by atoms with van der Waals surface area (Å²) >= 11 is 9.67. The highest BCUT2D eigenvalue weighted by molar-refractivity contribution is 8.89. The van der Waals surface area contributed by atoms with E-state index in [1.165, 1.54) is 42.6 Å². The van der Waals surface area contributed by atoms with Crippen LogP contribution in [-0.2, 0) is 1010 Å². The molecule has 0 aliphatic heterocycles. The van der Waals surface area contributed by atoms with Crippen LogP contribution >= 0.6 is 0 Å². The summed E-state index contributed by atoms with van der Waals surface area (Å²) in [5.41, 5.74) is 6.20. The first-order chi connectivity index (χ1) is 67.9. The Bertz CT molecular complexity index is 10200. The Labute approximate surface area is 1120 Å². The molecule has 2 aromatic heterocycles. The minimum Gasteiger partial charge on any atom is -0.338 e. The molecule has 2 unspecified atom stereocenters. The second-order valence-corrected chi connectivity index (χ2v) is 212. The Balaban J connectivity index is 0.00000138. The molecule has 5 rings (SSSR count). The molecule has 2 heterocycles. The molecule has 800 valence electrons. The lowest BCUT2D eigenvalue weighted by atomic mass is 9.91. The standard InChI is InChI=1S/C20H22N4.S113/c1-20(2,3)19-21-9-13(10-22-19)18-23-16-7-14-11-4-5-12(6-11)15(14)8-17(16)24-18;1-3-5-7-9-11-13-15-17-19-21-23-25-27-29-31-33-35-37-39-41-43-45-47-49-51-53-55-57-59-61-63-65-67-69-71-73-75-77-79-81-83-85-87-89-91-93-95-97-99-101-103-105-107-109-111-113-112-110-108-106-104-102-100-98-96-94-92-90-88-86-84-82-80-78-76-74-72-70-68-66-64-62-60-58-56-54-52-50-48-46-44-42-40-38-36-34-32-30-28-26-24-22-20-18-16-14-12-10-8-6-4-2/h7-12H,4-6H2,1-3H3,(H,23,24);. The van der Waals surface area contributed by atoms with E-state index in [1.807, 2.05) is 874 Å². The molecule has 0 radical (unpaired) electrons. The molecule has 1 fully saturated rings. The highest BCUT2D eigenvalue weighted by Crippen LogP contribution is 2.53. The van der Waals surface area contributed by atoms with Crippen LogP contribution in [0.5, 0.6) is 0 Å². The van der Waals surface area contributed by atoms with Gasteiger partial charge in [-0.05, 0) is 54.4 Å². The van der Waals surface area contributed by atoms with Crippen molar-refractivity contribution in [3.8, 4) is 11.4 Å². The molecule has 4 nitrogen and oxygen atoms in total. The molecule has 117 heteroatoms. The third-order valence-electron chi connectivity index (χ3n) is 8.65. The number of aromatic amines is 1. The maximum Gasteiger partial charge on any atom is 0.141 e. The molecule has 2 atom stereocenters. The van der Waals surface area contributed by atoms with Gasteiger partial charge < -0.3 is 4.98 Å². The number of hydrogen-bond donors (Lipinski definition) is 1. The van der Waals surface area contributed by atoms with Crippen molar-refractivity contribution in [3.63, 3.8) is 0 Å². The molecule has 1 saturated carbocycles. The molecule has 137 heavy (non-hydrogen) atoms. The summed E-state index contributed by atoms with van der Waals surface area (Å²) in [7, 11) is 201. The average molecular weight is 3940 g/mol. The minimum atomic E-state index is -0.0352. The molecule has 3 aromatic rings. The lowest BCUT2D eigenvalue weighted by molar-refractivity contribution is 0.545. The van der Waals surface area contributed by atoms with E-state index in [1.54, 1.807) is 112 Å². The van der Waals surface area contributed by atoms with Crippen LogP contribution in [-0.4, -0.2) is 19.9 Å². The summed E-state index contributed by atoms with van der Waals surface area (Å²) < 4.78 is 0. The van der Waals surface area contributed by atoms with E-state index in [2.05, 4.69) is 47.9 Å². The number of nitrogens with one attached hydrogen (secondary N) is 1. The second-order valence-electron chi connectivity index (χ2n) is 15.9. The number of hydrogen-bond acceptors (Lipinski definition) is 5. The Morgan fingerprint density at radius 1 is 0.212 bits per heavy atom. The molecule has 2 bridgehead atoms. The van der Waals surface area contributed by atoms with Crippen LogP contribution in [0.4, 0.5) is 0 Å². The fourth-order valence-corrected chi connectivity index (χ4v) is 305. The highest BCUT2D eigenvalue weighted by atomic mass is 33.6. The summed E-state index contributed by atoms with van der Waals surface area (Å²) in [6.07, 6.45) is 7.80. The van der Waals surface area contributed by atoms with Gasteiger partial charge in [-0.1, -0.05) is 20.8 Å². The van der Waals surface area contributed by atoms with E-state index in [0.717, 1.165) is 40.1 Å². The van der Waals surface area contributed by atoms with E-state index < -0.39 is 0 Å². The van der Waals surface area contributed by atoms with Crippen LogP contribution < -0.4 is 0 Å². The summed E-state index contributed by atoms with van der Waals surface area (Å²) in [6, 6.07) is 4.63. The van der Waals surface area contributed by atoms with Crippen molar-refractivity contribution in [2.24, 2.45) is 0 Å². The quantitative estimate of drug-likeness (QED) is 0.392. The van der Waals surface area contributed by atoms with Crippen LogP contribution in [0.1, 0.15) is 68.8 Å². The zero-order chi connectivity index (χ0) is 97.0. The van der Waals surface area contributed by atoms with E-state index in [0.29, 0.717) is 0 Å². The lowest BCUT2D eigenvalue weighted by Gasteiger charge is -2.15. The minimum absolute atomic E-state index is 0.0352. The van der Waals surface area contributed by atoms with Gasteiger partial charge in [-0.3, -0.25) is 0 Å². The fourth-order valence-electron chi connectivity index (χ4n) is 5.55. The Kier molecular flexibility index (Phi) is 138. The predicted octanol–water partition coefficient (Wildman–Crippen LogP) is 4.41. The van der Waals surface area contributed by atoms with Gasteiger partial charge in [0.2, 0.25) is 0 Å². The van der Waals surface area contributed by atoms with Crippen molar-refractivity contribution in [3.05, 3.63) is 41.5 Å². The Morgan fingerprint density at radius 3 is 0.489 bits per heavy atom. The van der Waals surface area contributed by atoms with Crippen LogP contribution in [0.15, 0.2) is 24.5 Å². The van der Waals surface area contributed by atoms with Crippen molar-refractivity contribution in [1.29, 1.82) is 0 Å². The van der Waals surface area contributed by atoms with Crippen molar-refractivity contribution >= 4 is 1020 Å². The predicted molar refractivity (Wildman–Crippen MR) is 927 cm³/mol. The van der Waals surface area contributed by atoms with Crippen molar-refractivity contribution < 1.29 is 0 Å². The molecule has 0 spiro atoms. The summed E-state index contributed by atoms with van der Waals surface area (Å²) in [4.78, 5) is 17.3. The number of nitrogens with zero attached hydrogens (tertiary/aromatic N) is 3. The van der Waals surface area contributed by atoms with Gasteiger partial charge in [0.15, 0.2) is 0 Å². The molecule has 1 N–H and O–H groups in total. The smallest absolute Gasteiger partial charge is 0.141 e. The largest absolute Gasteiger partial charge is 0.338 e. The maximum atomic E-state index is 4.83. The zero-order valence-electron chi connectivity index (χ0n) is 60.6. The first kappa shape index (κ1) is 152. The molecule has 2 aliphatic rings. The van der Waals surface area contributed by atoms with Crippen molar-refractivity contribution in [1.82, 2.24) is 19.9 Å². The number of rotatable bonds is 1. The number of aromatic nitrogens is 4. The lowest BCUT2D eigenvalue weighted by Crippen LogP contribution is -2.15. The van der Waals surface area contributed by atoms with Gasteiger partial charge in [-0.2, -0.15) is 0 Å². The Morgan fingerprint density at radius 2 is 0.350 bits per heavy atom. The van der Waals surface area contributed by atoms with Gasteiger partial charge in [0.1, 0.15) is 11.6 Å². The van der Waals surface area contributed by atoms with Gasteiger partial charge in [0.05, 0.1) is 16.6 Å². The first-order valence-corrected chi connectivity index (χ1v) is 177. The molecule has 1 aromatic carbocycles. The van der Waals surface area contributed by atoms with Gasteiger partial charge >= 0.3 is 0 Å². The molecule has 0 saturated heterocycles. The van der Waals surface area contributed by atoms with Gasteiger partial charge in [-0.15, -0.1) is 0 Å². The number of benzene rings is 1. The fraction of sp³-hybridized carbons (Fsp3) is 0.450. The number of fused-ring (bicyclic) bond motifs is 6. The summed E-state index contributed by atoms with van der Waals surface area (Å²) in [5, 5.41) is 0. The monoisotopic (exact) mass is 3930 g/mol. The Hall–Kier alpha value is 22.6. The maximum absolute atomic E-state index is 4.83. The molecular formula is C20H22N4S113. The van der Waals surface area contributed by atoms with Crippen molar-refractivity contribution in [2.45, 2.75) is 57.3 Å². The van der Waals surface area contributed by atoms with Gasteiger partial charge in [0.25, 0.3) is 0 Å². The zero-order valence-corrected chi connectivity index (χ0v) is 153. The van der Waals surface area contributed by atoms with Crippen LogP contribution in [0.2, 0.25) is 0 Å². The van der Waals surface area contributed by atoms with Crippen LogP contribution in [0.25, 0.3) is 22.4 Å². The summed E-state index contributed by atoms with van der Waals surface area (Å²) in [6.45, 7) is 6.37. The second kappa shape index (κ2) is 125. The molecule has 2 aliphatic carbocycles. The van der Waals surface area contributed by atoms with E-state index >= 15 is 0 Å². The highest BCUT2D eigenvalue weighted by Gasteiger charge is 2.37. The van der Waals surface area contributed by atoms with Crippen LogP contribution in [0.3, 0.4) is 0 Å². The first-order valence-electron chi connectivity index (χ1n) is 27.5. The third-order valence-corrected chi connectivity index (χ3v) is 253. The van der Waals surface area contributed by atoms with Gasteiger partial charge in [0, 0.05) is 1030 Å². The normalized spacial score (nSPS) is 10.4.